The van der Waals surface area contributed by atoms with Gasteiger partial charge < -0.3 is 14.7 Å². The molecule has 204 valence electrons. The minimum absolute atomic E-state index is 0.0328. The molecule has 0 bridgehead atoms. The summed E-state index contributed by atoms with van der Waals surface area (Å²) < 4.78 is 35.1. The van der Waals surface area contributed by atoms with Crippen molar-refractivity contribution in [3.63, 3.8) is 0 Å². The molecule has 1 aliphatic heterocycles. The van der Waals surface area contributed by atoms with Gasteiger partial charge in [-0.25, -0.2) is 8.42 Å². The number of aromatic nitrogens is 1. The Bertz CT molecular complexity index is 1280. The lowest BCUT2D eigenvalue weighted by molar-refractivity contribution is -0.136. The van der Waals surface area contributed by atoms with Crippen LogP contribution in [0.25, 0.3) is 0 Å². The summed E-state index contributed by atoms with van der Waals surface area (Å²) in [6.45, 7) is 3.82. The average Bonchev–Trinajstić information content (AvgIpc) is 2.93. The van der Waals surface area contributed by atoms with E-state index in [1.165, 1.54) is 16.8 Å². The lowest BCUT2D eigenvalue weighted by Gasteiger charge is -2.38. The van der Waals surface area contributed by atoms with Crippen molar-refractivity contribution in [3.05, 3.63) is 53.9 Å². The number of hydrogen-bond donors (Lipinski definition) is 1. The summed E-state index contributed by atoms with van der Waals surface area (Å²) >= 11 is 0. The summed E-state index contributed by atoms with van der Waals surface area (Å²) in [4.78, 5) is 18.9. The molecule has 2 aliphatic rings. The quantitative estimate of drug-likeness (QED) is 0.586. The molecule has 1 fully saturated rings. The van der Waals surface area contributed by atoms with Gasteiger partial charge in [0.15, 0.2) is 0 Å². The van der Waals surface area contributed by atoms with E-state index in [1.54, 1.807) is 55.5 Å². The van der Waals surface area contributed by atoms with Gasteiger partial charge in [0, 0.05) is 55.0 Å². The van der Waals surface area contributed by atoms with Crippen molar-refractivity contribution in [3.8, 4) is 17.6 Å². The molecule has 1 amide bonds. The van der Waals surface area contributed by atoms with E-state index in [0.717, 1.165) is 31.2 Å². The van der Waals surface area contributed by atoms with Gasteiger partial charge in [0.05, 0.1) is 13.2 Å². The Balaban J connectivity index is 1.68. The van der Waals surface area contributed by atoms with Crippen molar-refractivity contribution in [1.82, 2.24) is 14.2 Å². The van der Waals surface area contributed by atoms with Crippen molar-refractivity contribution in [2.45, 2.75) is 63.0 Å². The fraction of sp³-hybridized carbons (Fsp3) is 0.517. The third kappa shape index (κ3) is 6.37. The number of carbonyl (C=O) groups excluding carboxylic acids is 1. The first-order valence-corrected chi connectivity index (χ1v) is 14.7. The molecular formula is C29H37N3O5S. The summed E-state index contributed by atoms with van der Waals surface area (Å²) in [6, 6.07) is 7.81. The van der Waals surface area contributed by atoms with Crippen LogP contribution in [-0.2, 0) is 14.8 Å². The number of carbonyl (C=O) groups is 1. The smallest absolute Gasteiger partial charge is 0.247 e. The van der Waals surface area contributed by atoms with Crippen LogP contribution < -0.4 is 4.74 Å². The Morgan fingerprint density at radius 2 is 1.84 bits per heavy atom. The Labute approximate surface area is 226 Å². The molecule has 9 heteroatoms. The van der Waals surface area contributed by atoms with E-state index in [9.17, 15) is 18.3 Å². The van der Waals surface area contributed by atoms with Crippen LogP contribution in [0.4, 0.5) is 0 Å². The summed E-state index contributed by atoms with van der Waals surface area (Å²) in [7, 11) is -2.15. The molecule has 1 aromatic carbocycles. The van der Waals surface area contributed by atoms with Crippen LogP contribution in [0, 0.1) is 23.7 Å². The van der Waals surface area contributed by atoms with Gasteiger partial charge in [0.1, 0.15) is 16.7 Å². The Kier molecular flexibility index (Phi) is 9.08. The zero-order valence-electron chi connectivity index (χ0n) is 22.3. The van der Waals surface area contributed by atoms with Crippen molar-refractivity contribution in [1.29, 1.82) is 0 Å². The van der Waals surface area contributed by atoms with Crippen LogP contribution >= 0.6 is 0 Å². The lowest BCUT2D eigenvalue weighted by Crippen LogP contribution is -2.50. The molecule has 4 rings (SSSR count). The maximum absolute atomic E-state index is 13.7. The normalized spacial score (nSPS) is 22.5. The molecule has 2 heterocycles. The molecule has 1 aromatic heterocycles. The summed E-state index contributed by atoms with van der Waals surface area (Å²) in [5, 5.41) is 9.85. The predicted molar refractivity (Wildman–Crippen MR) is 145 cm³/mol. The van der Waals surface area contributed by atoms with E-state index < -0.39 is 22.2 Å². The van der Waals surface area contributed by atoms with E-state index >= 15 is 0 Å². The molecular weight excluding hydrogens is 502 g/mol. The molecule has 0 saturated heterocycles. The highest BCUT2D eigenvalue weighted by atomic mass is 32.2. The maximum Gasteiger partial charge on any atom is 0.247 e. The zero-order chi connectivity index (χ0) is 27.3. The van der Waals surface area contributed by atoms with Gasteiger partial charge in [-0.1, -0.05) is 38.0 Å². The third-order valence-corrected chi connectivity index (χ3v) is 9.50. The summed E-state index contributed by atoms with van der Waals surface area (Å²) in [6.07, 6.45) is 8.01. The monoisotopic (exact) mass is 539 g/mol. The van der Waals surface area contributed by atoms with Crippen molar-refractivity contribution in [2.24, 2.45) is 11.8 Å². The molecule has 8 nitrogen and oxygen atoms in total. The van der Waals surface area contributed by atoms with Crippen molar-refractivity contribution >= 4 is 15.9 Å². The molecule has 1 aliphatic carbocycles. The highest BCUT2D eigenvalue weighted by molar-refractivity contribution is 7.89. The molecule has 38 heavy (non-hydrogen) atoms. The highest BCUT2D eigenvalue weighted by Crippen LogP contribution is 2.34. The van der Waals surface area contributed by atoms with E-state index in [0.29, 0.717) is 12.1 Å². The second-order valence-corrected chi connectivity index (χ2v) is 12.3. The zero-order valence-corrected chi connectivity index (χ0v) is 23.2. The number of sulfonamides is 1. The second kappa shape index (κ2) is 12.3. The van der Waals surface area contributed by atoms with Crippen LogP contribution in [-0.4, -0.2) is 72.5 Å². The van der Waals surface area contributed by atoms with Crippen molar-refractivity contribution in [2.75, 3.05) is 26.7 Å². The molecule has 2 aromatic rings. The number of amides is 1. The number of aliphatic hydroxyl groups excluding tert-OH is 1. The van der Waals surface area contributed by atoms with Crippen LogP contribution in [0.3, 0.4) is 0 Å². The van der Waals surface area contributed by atoms with Gasteiger partial charge in [-0.2, -0.15) is 4.31 Å². The van der Waals surface area contributed by atoms with Gasteiger partial charge in [0.25, 0.3) is 0 Å². The van der Waals surface area contributed by atoms with E-state index in [4.69, 9.17) is 4.74 Å². The largest absolute Gasteiger partial charge is 0.487 e. The van der Waals surface area contributed by atoms with Gasteiger partial charge >= 0.3 is 0 Å². The number of rotatable bonds is 5. The number of hydrogen-bond acceptors (Lipinski definition) is 6. The van der Waals surface area contributed by atoms with Gasteiger partial charge in [0.2, 0.25) is 15.9 Å². The van der Waals surface area contributed by atoms with Crippen molar-refractivity contribution < 1.29 is 23.1 Å². The Morgan fingerprint density at radius 1 is 1.16 bits per heavy atom. The topological polar surface area (TPSA) is 100 Å². The maximum atomic E-state index is 13.7. The van der Waals surface area contributed by atoms with Crippen LogP contribution in [0.5, 0.6) is 5.75 Å². The number of fused-ring (bicyclic) bond motifs is 1. The predicted octanol–water partition coefficient (Wildman–Crippen LogP) is 3.29. The molecule has 3 atom stereocenters. The lowest BCUT2D eigenvalue weighted by atomic mass is 9.88. The number of ether oxygens (including phenoxy) is 1. The first-order chi connectivity index (χ1) is 18.2. The Morgan fingerprint density at radius 3 is 2.53 bits per heavy atom. The number of nitrogens with zero attached hydrogens (tertiary/aromatic N) is 3. The average molecular weight is 540 g/mol. The van der Waals surface area contributed by atoms with Gasteiger partial charge in [-0.15, -0.1) is 0 Å². The molecule has 0 spiro atoms. The number of likely N-dealkylation sites (N-methyl/N-ethyl adjacent to an activating group) is 1. The van der Waals surface area contributed by atoms with E-state index in [1.807, 2.05) is 6.92 Å². The summed E-state index contributed by atoms with van der Waals surface area (Å²) in [5.74, 6) is 6.26. The Hall–Kier alpha value is -2.93. The van der Waals surface area contributed by atoms with Gasteiger partial charge in [-0.05, 0) is 50.1 Å². The second-order valence-electron chi connectivity index (χ2n) is 10.4. The van der Waals surface area contributed by atoms with E-state index in [2.05, 4.69) is 16.8 Å². The van der Waals surface area contributed by atoms with Crippen LogP contribution in [0.15, 0.2) is 47.6 Å². The third-order valence-electron chi connectivity index (χ3n) is 7.48. The first kappa shape index (κ1) is 28.1. The molecule has 1 N–H and O–H groups in total. The molecule has 0 unspecified atom stereocenters. The van der Waals surface area contributed by atoms with Gasteiger partial charge in [-0.3, -0.25) is 9.78 Å². The highest BCUT2D eigenvalue weighted by Gasteiger charge is 2.38. The van der Waals surface area contributed by atoms with E-state index in [-0.39, 0.29) is 41.5 Å². The standard InChI is InChI=1S/C29H37N3O5S/c1-21-18-32(22(2)20-33)38(35,36)28-12-11-24(10-9-23-13-15-30-16-14-23)17-26(28)37-27(21)19-31(3)29(34)25-7-5-4-6-8-25/h11-17,21-22,25,27,33H,4-8,18-20H2,1-3H3/t21-,22-,27-/m0/s1. The number of benzene rings is 1. The first-order valence-electron chi connectivity index (χ1n) is 13.3. The molecule has 0 radical (unpaired) electrons. The van der Waals surface area contributed by atoms with Crippen LogP contribution in [0.2, 0.25) is 0 Å². The number of pyridine rings is 1. The fourth-order valence-electron chi connectivity index (χ4n) is 5.12. The molecule has 1 saturated carbocycles. The SMILES string of the molecule is C[C@H]1CN([C@@H](C)CO)S(=O)(=O)c2ccc(C#Cc3ccncc3)cc2O[C@H]1CN(C)C(=O)C1CCCCC1. The number of aliphatic hydroxyl groups is 1. The fourth-order valence-corrected chi connectivity index (χ4v) is 6.95. The minimum atomic E-state index is -3.94. The minimum Gasteiger partial charge on any atom is -0.487 e. The summed E-state index contributed by atoms with van der Waals surface area (Å²) in [5.41, 5.74) is 1.40. The van der Waals surface area contributed by atoms with Crippen LogP contribution in [0.1, 0.15) is 57.1 Å².